The van der Waals surface area contributed by atoms with E-state index in [9.17, 15) is 14.7 Å². The van der Waals surface area contributed by atoms with Gasteiger partial charge in [0.1, 0.15) is 6.10 Å². The van der Waals surface area contributed by atoms with Gasteiger partial charge in [0.05, 0.1) is 17.6 Å². The minimum absolute atomic E-state index is 0.0295. The highest BCUT2D eigenvalue weighted by atomic mass is 16.5. The van der Waals surface area contributed by atoms with Crippen LogP contribution < -0.4 is 5.32 Å². The lowest BCUT2D eigenvalue weighted by Gasteiger charge is -2.53. The third-order valence-electron chi connectivity index (χ3n) is 7.11. The predicted octanol–water partition coefficient (Wildman–Crippen LogP) is 2.35. The zero-order valence-electron chi connectivity index (χ0n) is 18.2. The standard InChI is InChI=1S/C24H34N2O4/c1-17-4-3-5-19(14-17)16-21(28)26-11-8-24(9-12-26)22(29)23(2,10-13-30-24)25-20(27)15-18-6-7-18/h3-5,14,18,22,29H,6-13,15-16H2,1-2H3,(H,25,27)/t22-,23+/m0/s1. The summed E-state index contributed by atoms with van der Waals surface area (Å²) in [6, 6.07) is 8.04. The van der Waals surface area contributed by atoms with Crippen molar-refractivity contribution >= 4 is 11.8 Å². The highest BCUT2D eigenvalue weighted by molar-refractivity contribution is 5.79. The van der Waals surface area contributed by atoms with E-state index < -0.39 is 17.2 Å². The molecule has 164 valence electrons. The largest absolute Gasteiger partial charge is 0.388 e. The quantitative estimate of drug-likeness (QED) is 0.775. The van der Waals surface area contributed by atoms with Crippen LogP contribution in [0.25, 0.3) is 0 Å². The molecule has 0 bridgehead atoms. The Balaban J connectivity index is 1.36. The van der Waals surface area contributed by atoms with Crippen molar-refractivity contribution in [1.29, 1.82) is 0 Å². The summed E-state index contributed by atoms with van der Waals surface area (Å²) in [6.07, 6.45) is 4.20. The number of nitrogens with one attached hydrogen (secondary N) is 1. The summed E-state index contributed by atoms with van der Waals surface area (Å²) in [5, 5.41) is 14.4. The second-order valence-corrected chi connectivity index (χ2v) is 9.73. The van der Waals surface area contributed by atoms with Crippen LogP contribution in [0.3, 0.4) is 0 Å². The zero-order chi connectivity index (χ0) is 21.4. The molecule has 1 saturated carbocycles. The number of amides is 2. The van der Waals surface area contributed by atoms with E-state index in [1.165, 1.54) is 0 Å². The third-order valence-corrected chi connectivity index (χ3v) is 7.11. The lowest BCUT2D eigenvalue weighted by molar-refractivity contribution is -0.208. The fraction of sp³-hybridized carbons (Fsp3) is 0.667. The van der Waals surface area contributed by atoms with Gasteiger partial charge < -0.3 is 20.1 Å². The van der Waals surface area contributed by atoms with Crippen molar-refractivity contribution in [2.75, 3.05) is 19.7 Å². The number of aryl methyl sites for hydroxylation is 1. The molecule has 4 rings (SSSR count). The Morgan fingerprint density at radius 2 is 1.97 bits per heavy atom. The number of aliphatic hydroxyl groups excluding tert-OH is 1. The summed E-state index contributed by atoms with van der Waals surface area (Å²) in [6.45, 7) is 5.60. The first-order chi connectivity index (χ1) is 14.3. The molecular formula is C24H34N2O4. The van der Waals surface area contributed by atoms with Gasteiger partial charge in [-0.2, -0.15) is 0 Å². The summed E-state index contributed by atoms with van der Waals surface area (Å²) in [7, 11) is 0. The van der Waals surface area contributed by atoms with E-state index in [4.69, 9.17) is 4.74 Å². The van der Waals surface area contributed by atoms with E-state index in [1.54, 1.807) is 0 Å². The van der Waals surface area contributed by atoms with E-state index in [1.807, 2.05) is 43.0 Å². The highest BCUT2D eigenvalue weighted by Crippen LogP contribution is 2.40. The van der Waals surface area contributed by atoms with Gasteiger partial charge in [-0.15, -0.1) is 0 Å². The van der Waals surface area contributed by atoms with Crippen LogP contribution in [0, 0.1) is 12.8 Å². The van der Waals surface area contributed by atoms with Crippen molar-refractivity contribution in [2.24, 2.45) is 5.92 Å². The first-order valence-corrected chi connectivity index (χ1v) is 11.3. The van der Waals surface area contributed by atoms with E-state index >= 15 is 0 Å². The molecule has 30 heavy (non-hydrogen) atoms. The zero-order valence-corrected chi connectivity index (χ0v) is 18.2. The summed E-state index contributed by atoms with van der Waals surface area (Å²) in [5.41, 5.74) is 0.803. The molecule has 6 nitrogen and oxygen atoms in total. The number of hydrogen-bond donors (Lipinski definition) is 2. The average molecular weight is 415 g/mol. The normalized spacial score (nSPS) is 28.4. The van der Waals surface area contributed by atoms with Crippen LogP contribution in [0.2, 0.25) is 0 Å². The molecular weight excluding hydrogens is 380 g/mol. The molecule has 2 amide bonds. The maximum atomic E-state index is 12.8. The van der Waals surface area contributed by atoms with Gasteiger partial charge in [0.25, 0.3) is 0 Å². The average Bonchev–Trinajstić information content (AvgIpc) is 3.50. The number of rotatable bonds is 5. The molecule has 2 aliphatic heterocycles. The van der Waals surface area contributed by atoms with Crippen LogP contribution in [0.1, 0.15) is 56.6 Å². The highest BCUT2D eigenvalue weighted by Gasteiger charge is 2.54. The summed E-state index contributed by atoms with van der Waals surface area (Å²) in [5.74, 6) is 0.658. The van der Waals surface area contributed by atoms with Gasteiger partial charge in [-0.25, -0.2) is 0 Å². The Morgan fingerprint density at radius 1 is 1.23 bits per heavy atom. The Kier molecular flexibility index (Phi) is 5.90. The maximum Gasteiger partial charge on any atom is 0.226 e. The second-order valence-electron chi connectivity index (χ2n) is 9.73. The molecule has 2 saturated heterocycles. The van der Waals surface area contributed by atoms with E-state index in [0.29, 0.717) is 57.7 Å². The molecule has 0 unspecified atom stereocenters. The minimum atomic E-state index is -0.782. The van der Waals surface area contributed by atoms with Crippen LogP contribution in [0.5, 0.6) is 0 Å². The number of piperidine rings is 1. The SMILES string of the molecule is Cc1cccc(CC(=O)N2CCC3(CC2)OCC[C@@](C)(NC(=O)CC2CC2)[C@@H]3O)c1. The molecule has 2 atom stereocenters. The van der Waals surface area contributed by atoms with Crippen molar-refractivity contribution in [3.05, 3.63) is 35.4 Å². The molecule has 3 fully saturated rings. The van der Waals surface area contributed by atoms with E-state index in [2.05, 4.69) is 5.32 Å². The lowest BCUT2D eigenvalue weighted by Crippen LogP contribution is -2.69. The van der Waals surface area contributed by atoms with Crippen molar-refractivity contribution in [2.45, 2.75) is 76.0 Å². The first-order valence-electron chi connectivity index (χ1n) is 11.3. The topological polar surface area (TPSA) is 78.9 Å². The minimum Gasteiger partial charge on any atom is -0.388 e. The fourth-order valence-corrected chi connectivity index (χ4v) is 5.01. The number of carbonyl (C=O) groups excluding carboxylic acids is 2. The van der Waals surface area contributed by atoms with Gasteiger partial charge in [0.2, 0.25) is 11.8 Å². The molecule has 3 aliphatic rings. The molecule has 1 aliphatic carbocycles. The number of carbonyl (C=O) groups is 2. The predicted molar refractivity (Wildman–Crippen MR) is 114 cm³/mol. The number of aliphatic hydroxyl groups is 1. The summed E-state index contributed by atoms with van der Waals surface area (Å²) in [4.78, 5) is 27.1. The Labute approximate surface area is 179 Å². The van der Waals surface area contributed by atoms with Gasteiger partial charge in [0, 0.05) is 26.1 Å². The van der Waals surface area contributed by atoms with Gasteiger partial charge in [-0.05, 0) is 57.4 Å². The van der Waals surface area contributed by atoms with Crippen LogP contribution in [0.15, 0.2) is 24.3 Å². The van der Waals surface area contributed by atoms with Crippen LogP contribution in [-0.4, -0.2) is 58.8 Å². The number of hydrogen-bond acceptors (Lipinski definition) is 4. The fourth-order valence-electron chi connectivity index (χ4n) is 5.01. The molecule has 1 aromatic carbocycles. The van der Waals surface area contributed by atoms with Crippen molar-refractivity contribution in [3.63, 3.8) is 0 Å². The van der Waals surface area contributed by atoms with Crippen LogP contribution >= 0.6 is 0 Å². The number of likely N-dealkylation sites (tertiary alicyclic amines) is 1. The summed E-state index contributed by atoms with van der Waals surface area (Å²) >= 11 is 0. The van der Waals surface area contributed by atoms with Crippen molar-refractivity contribution in [3.8, 4) is 0 Å². The number of ether oxygens (including phenoxy) is 1. The van der Waals surface area contributed by atoms with Crippen LogP contribution in [-0.2, 0) is 20.7 Å². The van der Waals surface area contributed by atoms with E-state index in [0.717, 1.165) is 24.0 Å². The maximum absolute atomic E-state index is 12.8. The van der Waals surface area contributed by atoms with Gasteiger partial charge in [0.15, 0.2) is 0 Å². The second kappa shape index (κ2) is 8.31. The first kappa shape index (κ1) is 21.3. The summed E-state index contributed by atoms with van der Waals surface area (Å²) < 4.78 is 6.11. The molecule has 1 aromatic rings. The Bertz CT molecular complexity index is 798. The van der Waals surface area contributed by atoms with Crippen LogP contribution in [0.4, 0.5) is 0 Å². The molecule has 0 aromatic heterocycles. The van der Waals surface area contributed by atoms with Gasteiger partial charge in [-0.1, -0.05) is 29.8 Å². The molecule has 6 heteroatoms. The number of nitrogens with zero attached hydrogens (tertiary/aromatic N) is 1. The molecule has 1 spiro atoms. The van der Waals surface area contributed by atoms with E-state index in [-0.39, 0.29) is 11.8 Å². The smallest absolute Gasteiger partial charge is 0.226 e. The monoisotopic (exact) mass is 414 g/mol. The Hall–Kier alpha value is -1.92. The molecule has 2 heterocycles. The van der Waals surface area contributed by atoms with Gasteiger partial charge in [-0.3, -0.25) is 9.59 Å². The van der Waals surface area contributed by atoms with Crippen molar-refractivity contribution < 1.29 is 19.4 Å². The van der Waals surface area contributed by atoms with Crippen molar-refractivity contribution in [1.82, 2.24) is 10.2 Å². The Morgan fingerprint density at radius 3 is 2.63 bits per heavy atom. The lowest BCUT2D eigenvalue weighted by atomic mass is 9.73. The molecule has 2 N–H and O–H groups in total. The van der Waals surface area contributed by atoms with Gasteiger partial charge >= 0.3 is 0 Å². The molecule has 0 radical (unpaired) electrons. The third kappa shape index (κ3) is 4.54. The number of benzene rings is 1.